The average Bonchev–Trinajstić information content (AvgIpc) is 2.24. The van der Waals surface area contributed by atoms with E-state index in [9.17, 15) is 22.8 Å². The maximum Gasteiger partial charge on any atom is 0.471 e. The molecular weight excluding hydrogens is 251 g/mol. The molecule has 0 bridgehead atoms. The highest BCUT2D eigenvalue weighted by molar-refractivity contribution is 5.87. The van der Waals surface area contributed by atoms with Crippen molar-refractivity contribution in [2.75, 3.05) is 0 Å². The lowest BCUT2D eigenvalue weighted by Gasteiger charge is -2.18. The van der Waals surface area contributed by atoms with Crippen LogP contribution < -0.4 is 5.32 Å². The number of unbranched alkanes of at least 4 members (excludes halogenated alkanes) is 1. The molecule has 1 N–H and O–H groups in total. The number of esters is 1. The Morgan fingerprint density at radius 3 is 2.28 bits per heavy atom. The minimum atomic E-state index is -5.00. The van der Waals surface area contributed by atoms with Crippen molar-refractivity contribution in [1.82, 2.24) is 5.32 Å². The minimum absolute atomic E-state index is 0.373. The lowest BCUT2D eigenvalue weighted by molar-refractivity contribution is -0.176. The molecule has 7 heteroatoms. The Balaban J connectivity index is 4.15. The monoisotopic (exact) mass is 269 g/mol. The molecule has 0 aromatic carbocycles. The SMILES string of the molecule is CCCCC(C)OC(=O)C(C)NC(=O)C(F)(F)F. The van der Waals surface area contributed by atoms with Crippen LogP contribution in [-0.4, -0.2) is 30.2 Å². The van der Waals surface area contributed by atoms with Crippen LogP contribution in [-0.2, 0) is 14.3 Å². The number of nitrogens with one attached hydrogen (secondary N) is 1. The quantitative estimate of drug-likeness (QED) is 0.752. The third kappa shape index (κ3) is 6.46. The Bertz CT molecular complexity index is 292. The van der Waals surface area contributed by atoms with E-state index in [1.54, 1.807) is 12.2 Å². The van der Waals surface area contributed by atoms with Crippen LogP contribution in [0.2, 0.25) is 0 Å². The van der Waals surface area contributed by atoms with E-state index in [-0.39, 0.29) is 6.10 Å². The lowest BCUT2D eigenvalue weighted by Crippen LogP contribution is -2.46. The second-order valence-electron chi connectivity index (χ2n) is 4.08. The summed E-state index contributed by atoms with van der Waals surface area (Å²) in [5.41, 5.74) is 0. The Labute approximate surface area is 104 Å². The van der Waals surface area contributed by atoms with Crippen molar-refractivity contribution in [1.29, 1.82) is 0 Å². The molecule has 0 aromatic rings. The smallest absolute Gasteiger partial charge is 0.461 e. The molecule has 0 radical (unpaired) electrons. The number of ether oxygens (including phenoxy) is 1. The van der Waals surface area contributed by atoms with Crippen molar-refractivity contribution in [3.63, 3.8) is 0 Å². The van der Waals surface area contributed by atoms with Crippen molar-refractivity contribution in [3.05, 3.63) is 0 Å². The number of halogens is 3. The standard InChI is InChI=1S/C11H18F3NO3/c1-4-5-6-7(2)18-9(16)8(3)15-10(17)11(12,13)14/h7-8H,4-6H2,1-3H3,(H,15,17). The molecule has 0 aliphatic rings. The molecule has 0 fully saturated rings. The van der Waals surface area contributed by atoms with Crippen molar-refractivity contribution >= 4 is 11.9 Å². The van der Waals surface area contributed by atoms with Crippen LogP contribution in [0.25, 0.3) is 0 Å². The third-order valence-electron chi connectivity index (χ3n) is 2.24. The zero-order valence-electron chi connectivity index (χ0n) is 10.6. The van der Waals surface area contributed by atoms with Crippen LogP contribution in [0.3, 0.4) is 0 Å². The molecule has 0 saturated heterocycles. The predicted molar refractivity (Wildman–Crippen MR) is 58.7 cm³/mol. The van der Waals surface area contributed by atoms with E-state index in [0.717, 1.165) is 19.8 Å². The topological polar surface area (TPSA) is 55.4 Å². The summed E-state index contributed by atoms with van der Waals surface area (Å²) in [5, 5.41) is 1.54. The molecule has 4 nitrogen and oxygen atoms in total. The van der Waals surface area contributed by atoms with Gasteiger partial charge in [0.1, 0.15) is 6.04 Å². The molecule has 0 aliphatic heterocycles. The van der Waals surface area contributed by atoms with Crippen molar-refractivity contribution in [2.24, 2.45) is 0 Å². The first kappa shape index (κ1) is 16.7. The van der Waals surface area contributed by atoms with E-state index in [0.29, 0.717) is 6.42 Å². The molecule has 0 rings (SSSR count). The number of alkyl halides is 3. The van der Waals surface area contributed by atoms with Gasteiger partial charge in [-0.25, -0.2) is 4.79 Å². The van der Waals surface area contributed by atoms with E-state index >= 15 is 0 Å². The van der Waals surface area contributed by atoms with Crippen LogP contribution in [0.1, 0.15) is 40.0 Å². The number of carbonyl (C=O) groups is 2. The molecule has 0 saturated carbocycles. The molecule has 0 heterocycles. The summed E-state index contributed by atoms with van der Waals surface area (Å²) >= 11 is 0. The highest BCUT2D eigenvalue weighted by Crippen LogP contribution is 2.14. The van der Waals surface area contributed by atoms with Crippen LogP contribution in [0.5, 0.6) is 0 Å². The molecular formula is C11H18F3NO3. The molecule has 2 unspecified atom stereocenters. The number of carbonyl (C=O) groups excluding carboxylic acids is 2. The molecule has 0 spiro atoms. The fourth-order valence-electron chi connectivity index (χ4n) is 1.19. The van der Waals surface area contributed by atoms with Gasteiger partial charge < -0.3 is 10.1 Å². The van der Waals surface area contributed by atoms with E-state index in [2.05, 4.69) is 0 Å². The van der Waals surface area contributed by atoms with Crippen LogP contribution in [0.15, 0.2) is 0 Å². The Morgan fingerprint density at radius 1 is 1.28 bits per heavy atom. The number of amides is 1. The average molecular weight is 269 g/mol. The molecule has 2 atom stereocenters. The van der Waals surface area contributed by atoms with Crippen LogP contribution >= 0.6 is 0 Å². The van der Waals surface area contributed by atoms with Crippen LogP contribution in [0.4, 0.5) is 13.2 Å². The number of hydrogen-bond acceptors (Lipinski definition) is 3. The minimum Gasteiger partial charge on any atom is -0.461 e. The fourth-order valence-corrected chi connectivity index (χ4v) is 1.19. The predicted octanol–water partition coefficient (Wildman–Crippen LogP) is 2.18. The van der Waals surface area contributed by atoms with Gasteiger partial charge in [0.25, 0.3) is 0 Å². The first-order valence-electron chi connectivity index (χ1n) is 5.76. The Morgan fingerprint density at radius 2 is 1.83 bits per heavy atom. The van der Waals surface area contributed by atoms with Gasteiger partial charge in [-0.15, -0.1) is 0 Å². The van der Waals surface area contributed by atoms with E-state index in [1.807, 2.05) is 6.92 Å². The summed E-state index contributed by atoms with van der Waals surface area (Å²) in [5.74, 6) is -3.01. The van der Waals surface area contributed by atoms with E-state index in [1.165, 1.54) is 0 Å². The second kappa shape index (κ2) is 7.23. The second-order valence-corrected chi connectivity index (χ2v) is 4.08. The zero-order chi connectivity index (χ0) is 14.3. The normalized spacial score (nSPS) is 14.8. The summed E-state index contributed by atoms with van der Waals surface area (Å²) in [6.07, 6.45) is -2.94. The fraction of sp³-hybridized carbons (Fsp3) is 0.818. The number of rotatable bonds is 6. The van der Waals surface area contributed by atoms with Gasteiger partial charge in [0.15, 0.2) is 0 Å². The van der Waals surface area contributed by atoms with E-state index in [4.69, 9.17) is 4.74 Å². The van der Waals surface area contributed by atoms with Crippen LogP contribution in [0, 0.1) is 0 Å². The zero-order valence-corrected chi connectivity index (χ0v) is 10.6. The first-order valence-corrected chi connectivity index (χ1v) is 5.76. The van der Waals surface area contributed by atoms with Gasteiger partial charge in [-0.1, -0.05) is 19.8 Å². The largest absolute Gasteiger partial charge is 0.471 e. The van der Waals surface area contributed by atoms with Gasteiger partial charge in [0, 0.05) is 0 Å². The van der Waals surface area contributed by atoms with E-state index < -0.39 is 24.1 Å². The van der Waals surface area contributed by atoms with Gasteiger partial charge >= 0.3 is 18.1 Å². The summed E-state index contributed by atoms with van der Waals surface area (Å²) in [6.45, 7) is 4.78. The van der Waals surface area contributed by atoms with Crippen molar-refractivity contribution < 1.29 is 27.5 Å². The van der Waals surface area contributed by atoms with Gasteiger partial charge in [0.2, 0.25) is 0 Å². The van der Waals surface area contributed by atoms with Crippen molar-refractivity contribution in [3.8, 4) is 0 Å². The van der Waals surface area contributed by atoms with Crippen molar-refractivity contribution in [2.45, 2.75) is 58.4 Å². The summed E-state index contributed by atoms with van der Waals surface area (Å²) in [7, 11) is 0. The third-order valence-corrected chi connectivity index (χ3v) is 2.24. The molecule has 0 aliphatic carbocycles. The Hall–Kier alpha value is -1.27. The molecule has 18 heavy (non-hydrogen) atoms. The highest BCUT2D eigenvalue weighted by Gasteiger charge is 2.40. The summed E-state index contributed by atoms with van der Waals surface area (Å²) < 4.78 is 40.7. The summed E-state index contributed by atoms with van der Waals surface area (Å²) in [4.78, 5) is 22.0. The molecule has 0 aromatic heterocycles. The Kier molecular flexibility index (Phi) is 6.72. The van der Waals surface area contributed by atoms with Gasteiger partial charge in [-0.05, 0) is 20.3 Å². The summed E-state index contributed by atoms with van der Waals surface area (Å²) in [6, 6.07) is -1.32. The highest BCUT2D eigenvalue weighted by atomic mass is 19.4. The van der Waals surface area contributed by atoms with Gasteiger partial charge in [0.05, 0.1) is 6.10 Å². The number of hydrogen-bond donors (Lipinski definition) is 1. The lowest BCUT2D eigenvalue weighted by atomic mass is 10.2. The van der Waals surface area contributed by atoms with Gasteiger partial charge in [-0.2, -0.15) is 13.2 Å². The maximum absolute atomic E-state index is 11.9. The first-order chi connectivity index (χ1) is 8.18. The molecule has 106 valence electrons. The molecule has 1 amide bonds. The maximum atomic E-state index is 11.9. The van der Waals surface area contributed by atoms with Gasteiger partial charge in [-0.3, -0.25) is 4.79 Å².